The van der Waals surface area contributed by atoms with E-state index < -0.39 is 0 Å². The molecule has 0 radical (unpaired) electrons. The van der Waals surface area contributed by atoms with Crippen molar-refractivity contribution in [3.8, 4) is 0 Å². The molecule has 0 N–H and O–H groups in total. The van der Waals surface area contributed by atoms with Crippen LogP contribution in [0, 0.1) is 75.0 Å². The fourth-order valence-electron chi connectivity index (χ4n) is 20.9. The first-order valence-corrected chi connectivity index (χ1v) is 46.0. The van der Waals surface area contributed by atoms with Gasteiger partial charge < -0.3 is 0 Å². The molecule has 0 fully saturated rings. The summed E-state index contributed by atoms with van der Waals surface area (Å²) in [6.45, 7) is 45.7. The van der Waals surface area contributed by atoms with Gasteiger partial charge in [0.05, 0.1) is 88.0 Å². The second-order valence-electron chi connectivity index (χ2n) is 39.5. The van der Waals surface area contributed by atoms with E-state index in [1.807, 2.05) is 18.6 Å². The first kappa shape index (κ1) is 84.5. The summed E-state index contributed by atoms with van der Waals surface area (Å²) < 4.78 is 19.3. The molecule has 0 atom stereocenters. The lowest BCUT2D eigenvalue weighted by atomic mass is 9.88. The number of aromatic nitrogens is 12. The van der Waals surface area contributed by atoms with Crippen LogP contribution in [-0.2, 0) is 79.6 Å². The van der Waals surface area contributed by atoms with Gasteiger partial charge in [-0.1, -0.05) is 190 Å². The first-order chi connectivity index (χ1) is 59.5. The number of imidazole rings is 4. The molecule has 0 aliphatic rings. The van der Waals surface area contributed by atoms with Gasteiger partial charge in [-0.15, -0.1) is 0 Å². The van der Waals surface area contributed by atoms with Gasteiger partial charge in [-0.2, -0.15) is 17.6 Å². The summed E-state index contributed by atoms with van der Waals surface area (Å²) in [5, 5.41) is 10.3. The Labute approximate surface area is 731 Å². The molecule has 0 unspecified atom stereocenters. The molecule has 0 saturated heterocycles. The van der Waals surface area contributed by atoms with Gasteiger partial charge in [-0.25, -0.2) is 18.3 Å². The van der Waals surface area contributed by atoms with E-state index in [2.05, 4.69) is 378 Å². The standard InChI is InChI=1S/4C28H32N3/c1-17(2)13-20-11-12-24-25(16-20)30(6)28-26-19(5)15-21(14-18(3)4)29-27(26)22-9-7-8-10-23(22)31(24)28;1-17(2)13-20-15-21(14-18(3)4)26-24(16-20)31-23-10-8-7-9-22(23)30(6)28(31)25-19(5)11-12-29-27(25)26;1-17(2)15-20-11-12-24-26(21(20)16-18(3)4)27-25(19(5)13-14-29-27)28-30(6)22-9-7-8-10-23(22)31(24)28;1-17(2)15-20-11-12-21(16-18(3)4)27-25(20)26-24(19(5)13-14-29-26)28-30(6)22-9-7-8-10-23(22)31(27)28/h2*7-12,15-18H,13-14H2,1-6H3;2*7-14,17-18H,15-16H2,1-6H3/q4*+1. The fourth-order valence-corrected chi connectivity index (χ4v) is 20.9. The fraction of sp³-hybridized carbons (Fsp3) is 0.357. The third-order valence-corrected chi connectivity index (χ3v) is 25.7. The third-order valence-electron chi connectivity index (χ3n) is 25.7. The van der Waals surface area contributed by atoms with Crippen LogP contribution in [0.5, 0.6) is 0 Å². The van der Waals surface area contributed by atoms with Gasteiger partial charge in [0.1, 0.15) is 22.1 Å². The zero-order chi connectivity index (χ0) is 87.4. The lowest BCUT2D eigenvalue weighted by molar-refractivity contribution is -0.617. The van der Waals surface area contributed by atoms with Crippen LogP contribution >= 0.6 is 0 Å². The quantitative estimate of drug-likeness (QED) is 0.0712. The highest BCUT2D eigenvalue weighted by atomic mass is 15.1. The summed E-state index contributed by atoms with van der Waals surface area (Å²) in [4.78, 5) is 20.1. The summed E-state index contributed by atoms with van der Waals surface area (Å²) in [6, 6.07) is 65.0. The van der Waals surface area contributed by atoms with Crippen molar-refractivity contribution in [3.63, 3.8) is 0 Å². The molecule has 8 aromatic carbocycles. The predicted molar refractivity (Wildman–Crippen MR) is 523 cm³/mol. The van der Waals surface area contributed by atoms with Crippen LogP contribution in [0.15, 0.2) is 195 Å². The molecule has 632 valence electrons. The molecule has 0 saturated carbocycles. The van der Waals surface area contributed by atoms with Crippen molar-refractivity contribution in [1.82, 2.24) is 37.7 Å². The Morgan fingerprint density at radius 1 is 0.290 bits per heavy atom. The van der Waals surface area contributed by atoms with E-state index in [4.69, 9.17) is 19.9 Å². The number of hydrogen-bond acceptors (Lipinski definition) is 4. The van der Waals surface area contributed by atoms with Gasteiger partial charge >= 0.3 is 0 Å². The summed E-state index contributed by atoms with van der Waals surface area (Å²) in [5.41, 5.74) is 41.0. The van der Waals surface area contributed by atoms with Crippen molar-refractivity contribution in [2.24, 2.45) is 75.5 Å². The molecular weight excluding hydrogens is 1510 g/mol. The van der Waals surface area contributed by atoms with E-state index in [-0.39, 0.29) is 0 Å². The molecule has 12 heterocycles. The minimum atomic E-state index is 0.588. The zero-order valence-corrected chi connectivity index (χ0v) is 78.1. The second kappa shape index (κ2) is 33.7. The van der Waals surface area contributed by atoms with Crippen molar-refractivity contribution >= 4 is 154 Å². The van der Waals surface area contributed by atoms with Gasteiger partial charge in [0.2, 0.25) is 0 Å². The van der Waals surface area contributed by atoms with Crippen molar-refractivity contribution in [3.05, 3.63) is 261 Å². The predicted octanol–water partition coefficient (Wildman–Crippen LogP) is 25.3. The van der Waals surface area contributed by atoms with E-state index in [0.29, 0.717) is 47.3 Å². The minimum absolute atomic E-state index is 0.588. The van der Waals surface area contributed by atoms with E-state index in [1.54, 1.807) is 0 Å². The number of aryl methyl sites for hydroxylation is 8. The number of hydrogen-bond donors (Lipinski definition) is 0. The smallest absolute Gasteiger partial charge is 0.255 e. The van der Waals surface area contributed by atoms with E-state index in [0.717, 1.165) is 73.4 Å². The molecule has 124 heavy (non-hydrogen) atoms. The Kier molecular flexibility index (Phi) is 23.0. The summed E-state index contributed by atoms with van der Waals surface area (Å²) >= 11 is 0. The largest absolute Gasteiger partial charge is 0.297 e. The number of fused-ring (bicyclic) bond motifs is 32. The lowest BCUT2D eigenvalue weighted by Crippen LogP contribution is -2.27. The van der Waals surface area contributed by atoms with Crippen LogP contribution in [0.3, 0.4) is 0 Å². The van der Waals surface area contributed by atoms with Gasteiger partial charge in [0.15, 0.2) is 44.1 Å². The monoisotopic (exact) mass is 1640 g/mol. The Morgan fingerprint density at radius 2 is 0.710 bits per heavy atom. The molecule has 20 rings (SSSR count). The number of pyridine rings is 8. The molecule has 0 amide bonds. The maximum atomic E-state index is 5.20. The molecule has 0 spiro atoms. The Bertz CT molecular complexity index is 7570. The highest BCUT2D eigenvalue weighted by molar-refractivity contribution is 6.17. The number of nitrogens with zero attached hydrogens (tertiary/aromatic N) is 12. The number of para-hydroxylation sites is 7. The summed E-state index contributed by atoms with van der Waals surface area (Å²) in [5.74, 6) is 4.84. The van der Waals surface area contributed by atoms with E-state index in [1.165, 1.54) is 199 Å². The van der Waals surface area contributed by atoms with Crippen LogP contribution in [-0.4, -0.2) is 37.7 Å². The van der Waals surface area contributed by atoms with Gasteiger partial charge in [-0.05, 0) is 279 Å². The molecule has 0 bridgehead atoms. The molecular formula is C112H128N12+4. The second-order valence-corrected chi connectivity index (χ2v) is 39.5. The maximum Gasteiger partial charge on any atom is 0.297 e. The first-order valence-electron chi connectivity index (χ1n) is 46.0. The molecule has 12 heteroatoms. The topological polar surface area (TPSA) is 85.5 Å². The summed E-state index contributed by atoms with van der Waals surface area (Å²) in [6.07, 6.45) is 14.5. The maximum absolute atomic E-state index is 5.20. The highest BCUT2D eigenvalue weighted by Crippen LogP contribution is 2.42. The Hall–Kier alpha value is -11.8. The Morgan fingerprint density at radius 3 is 1.25 bits per heavy atom. The summed E-state index contributed by atoms with van der Waals surface area (Å²) in [7, 11) is 8.75. The van der Waals surface area contributed by atoms with Crippen LogP contribution in [0.4, 0.5) is 0 Å². The van der Waals surface area contributed by atoms with Crippen LogP contribution in [0.25, 0.3) is 154 Å². The van der Waals surface area contributed by atoms with Crippen molar-refractivity contribution in [1.29, 1.82) is 0 Å². The molecule has 12 aromatic heterocycles. The average Bonchev–Trinajstić information content (AvgIpc) is 1.52. The normalized spacial score (nSPS) is 12.4. The molecule has 0 aliphatic carbocycles. The van der Waals surface area contributed by atoms with Crippen LogP contribution in [0.1, 0.15) is 178 Å². The third kappa shape index (κ3) is 14.9. The molecule has 12 nitrogen and oxygen atoms in total. The van der Waals surface area contributed by atoms with Gasteiger partial charge in [0.25, 0.3) is 22.6 Å². The Balaban J connectivity index is 0.000000117. The molecule has 20 aromatic rings. The molecule has 0 aliphatic heterocycles. The van der Waals surface area contributed by atoms with Crippen LogP contribution < -0.4 is 18.1 Å². The van der Waals surface area contributed by atoms with Crippen molar-refractivity contribution < 1.29 is 18.1 Å². The highest BCUT2D eigenvalue weighted by Gasteiger charge is 2.33. The lowest BCUT2D eigenvalue weighted by Gasteiger charge is -2.17. The van der Waals surface area contributed by atoms with Crippen molar-refractivity contribution in [2.45, 2.75) is 190 Å². The van der Waals surface area contributed by atoms with Gasteiger partial charge in [0, 0.05) is 35.2 Å². The van der Waals surface area contributed by atoms with Crippen molar-refractivity contribution in [2.75, 3.05) is 0 Å². The minimum Gasteiger partial charge on any atom is -0.255 e. The van der Waals surface area contributed by atoms with Gasteiger partial charge in [-0.3, -0.25) is 19.9 Å². The number of rotatable bonds is 16. The number of benzene rings is 8. The average molecular weight is 1640 g/mol. The zero-order valence-electron chi connectivity index (χ0n) is 78.1. The van der Waals surface area contributed by atoms with Crippen LogP contribution in [0.2, 0.25) is 0 Å². The SMILES string of the molecule is Cc1cc(CC(C)C)nc2c3ccccc3[n+]3c4ccc(CC(C)C)cc4n(C)c3c12.Cc1ccnc2c3c(CC(C)C)c(CC(C)C)ccc3n3c4ccccc4[n+](C)c3c12.Cc1ccnc2c3c(CC(C)C)cc(CC(C)C)cc3n3c4ccccc4[n+](C)c3c12.Cc1ccnc2c3c(CC(C)C)ccc(CC(C)C)c3n3c4ccccc4[n+](C)c3c12. The van der Waals surface area contributed by atoms with E-state index >= 15 is 0 Å². The van der Waals surface area contributed by atoms with E-state index in [9.17, 15) is 0 Å².